The van der Waals surface area contributed by atoms with E-state index >= 15 is 0 Å². The van der Waals surface area contributed by atoms with Gasteiger partial charge in [0.25, 0.3) is 0 Å². The van der Waals surface area contributed by atoms with Crippen LogP contribution in [0, 0.1) is 0 Å². The summed E-state index contributed by atoms with van der Waals surface area (Å²) in [6.07, 6.45) is -0.111. The summed E-state index contributed by atoms with van der Waals surface area (Å²) >= 11 is 5.78. The molecule has 28 heavy (non-hydrogen) atoms. The van der Waals surface area contributed by atoms with Crippen molar-refractivity contribution in [3.63, 3.8) is 0 Å². The van der Waals surface area contributed by atoms with Crippen LogP contribution in [0.1, 0.15) is 12.0 Å². The van der Waals surface area contributed by atoms with Gasteiger partial charge in [0.1, 0.15) is 0 Å². The van der Waals surface area contributed by atoms with Gasteiger partial charge in [-0.2, -0.15) is 0 Å². The lowest BCUT2D eigenvalue weighted by atomic mass is 10.2. The van der Waals surface area contributed by atoms with E-state index in [1.807, 2.05) is 24.3 Å². The smallest absolute Gasteiger partial charge is 0.225 e. The Balaban J connectivity index is 1.49. The Labute approximate surface area is 170 Å². The number of carbonyl (C=O) groups is 1. The quantitative estimate of drug-likeness (QED) is 0.742. The van der Waals surface area contributed by atoms with Crippen molar-refractivity contribution in [2.45, 2.75) is 17.9 Å². The van der Waals surface area contributed by atoms with E-state index in [1.54, 1.807) is 0 Å². The Morgan fingerprint density at radius 2 is 1.68 bits per heavy atom. The fourth-order valence-electron chi connectivity index (χ4n) is 2.92. The van der Waals surface area contributed by atoms with Crippen LogP contribution in [0.3, 0.4) is 0 Å². The maximum atomic E-state index is 12.3. The minimum atomic E-state index is -3.52. The van der Waals surface area contributed by atoms with Gasteiger partial charge in [-0.15, -0.1) is 0 Å². The molecule has 8 heteroatoms. The van der Waals surface area contributed by atoms with E-state index in [0.29, 0.717) is 10.7 Å². The molecular weight excluding hydrogens is 400 g/mol. The molecule has 1 heterocycles. The van der Waals surface area contributed by atoms with Gasteiger partial charge in [-0.1, -0.05) is 23.7 Å². The fraction of sp³-hybridized carbons (Fsp3) is 0.350. The van der Waals surface area contributed by atoms with Crippen LogP contribution in [0.15, 0.2) is 53.4 Å². The van der Waals surface area contributed by atoms with E-state index in [2.05, 4.69) is 10.2 Å². The van der Waals surface area contributed by atoms with Crippen molar-refractivity contribution in [2.24, 2.45) is 0 Å². The Kier molecular flexibility index (Phi) is 7.07. The summed E-state index contributed by atoms with van der Waals surface area (Å²) in [5, 5.41) is 3.21. The summed E-state index contributed by atoms with van der Waals surface area (Å²) in [7, 11) is -3.52. The average Bonchev–Trinajstić information content (AvgIpc) is 2.69. The number of nitrogens with zero attached hydrogens (tertiary/aromatic N) is 1. The summed E-state index contributed by atoms with van der Waals surface area (Å²) in [6, 6.07) is 13.5. The molecule has 150 valence electrons. The Morgan fingerprint density at radius 1 is 1.04 bits per heavy atom. The van der Waals surface area contributed by atoms with Crippen LogP contribution in [-0.4, -0.2) is 51.3 Å². The molecule has 1 fully saturated rings. The molecule has 1 saturated heterocycles. The molecule has 6 nitrogen and oxygen atoms in total. The molecule has 1 amide bonds. The van der Waals surface area contributed by atoms with Crippen LogP contribution in [0.5, 0.6) is 0 Å². The first-order valence-corrected chi connectivity index (χ1v) is 11.1. The van der Waals surface area contributed by atoms with Crippen molar-refractivity contribution in [1.82, 2.24) is 4.90 Å². The molecule has 0 spiro atoms. The summed E-state index contributed by atoms with van der Waals surface area (Å²) in [5.41, 5.74) is 1.81. The molecule has 2 aromatic carbocycles. The molecule has 2 aromatic rings. The lowest BCUT2D eigenvalue weighted by molar-refractivity contribution is -0.115. The zero-order valence-corrected chi connectivity index (χ0v) is 17.0. The van der Waals surface area contributed by atoms with E-state index in [4.69, 9.17) is 16.3 Å². The standard InChI is InChI=1S/C20H23ClN2O4S/c21-17-3-7-19(8-4-17)28(25,26)14-9-20(24)22-18-5-1-16(2-6-18)15-23-10-12-27-13-11-23/h1-8H,9-15H2,(H,22,24). The number of anilines is 1. The fourth-order valence-corrected chi connectivity index (χ4v) is 4.29. The molecular formula is C20H23ClN2O4S. The third-order valence-electron chi connectivity index (χ3n) is 4.52. The molecule has 0 bridgehead atoms. The zero-order valence-electron chi connectivity index (χ0n) is 15.4. The molecule has 0 radical (unpaired) electrons. The maximum Gasteiger partial charge on any atom is 0.225 e. The van der Waals surface area contributed by atoms with Gasteiger partial charge in [0, 0.05) is 36.8 Å². The second kappa shape index (κ2) is 9.52. The first kappa shape index (κ1) is 20.8. The van der Waals surface area contributed by atoms with E-state index < -0.39 is 9.84 Å². The van der Waals surface area contributed by atoms with Gasteiger partial charge in [-0.3, -0.25) is 9.69 Å². The first-order chi connectivity index (χ1) is 13.4. The number of morpholine rings is 1. The number of carbonyl (C=O) groups excluding carboxylic acids is 1. The average molecular weight is 423 g/mol. The lowest BCUT2D eigenvalue weighted by Crippen LogP contribution is -2.35. The predicted octanol–water partition coefficient (Wildman–Crippen LogP) is 2.97. The second-order valence-corrected chi connectivity index (χ2v) is 9.20. The Bertz CT molecular complexity index is 893. The number of rotatable bonds is 7. The first-order valence-electron chi connectivity index (χ1n) is 9.10. The molecule has 3 rings (SSSR count). The highest BCUT2D eigenvalue weighted by Crippen LogP contribution is 2.17. The van der Waals surface area contributed by atoms with E-state index in [-0.39, 0.29) is 23.0 Å². The number of ether oxygens (including phenoxy) is 1. The molecule has 1 aliphatic heterocycles. The SMILES string of the molecule is O=C(CCS(=O)(=O)c1ccc(Cl)cc1)Nc1ccc(CN2CCOCC2)cc1. The van der Waals surface area contributed by atoms with Gasteiger partial charge in [-0.05, 0) is 42.0 Å². The lowest BCUT2D eigenvalue weighted by Gasteiger charge is -2.26. The van der Waals surface area contributed by atoms with Gasteiger partial charge in [0.15, 0.2) is 9.84 Å². The summed E-state index contributed by atoms with van der Waals surface area (Å²) in [5.74, 6) is -0.589. The van der Waals surface area contributed by atoms with Crippen molar-refractivity contribution in [1.29, 1.82) is 0 Å². The summed E-state index contributed by atoms with van der Waals surface area (Å²) in [4.78, 5) is 14.6. The van der Waals surface area contributed by atoms with Gasteiger partial charge < -0.3 is 10.1 Å². The van der Waals surface area contributed by atoms with Crippen LogP contribution in [0.4, 0.5) is 5.69 Å². The third kappa shape index (κ3) is 6.04. The minimum Gasteiger partial charge on any atom is -0.379 e. The van der Waals surface area contributed by atoms with Crippen LogP contribution in [0.2, 0.25) is 5.02 Å². The number of hydrogen-bond acceptors (Lipinski definition) is 5. The van der Waals surface area contributed by atoms with E-state index in [9.17, 15) is 13.2 Å². The van der Waals surface area contributed by atoms with Gasteiger partial charge >= 0.3 is 0 Å². The number of sulfone groups is 1. The largest absolute Gasteiger partial charge is 0.379 e. The molecule has 0 saturated carbocycles. The highest BCUT2D eigenvalue weighted by Gasteiger charge is 2.16. The highest BCUT2D eigenvalue weighted by molar-refractivity contribution is 7.91. The van der Waals surface area contributed by atoms with Crippen molar-refractivity contribution >= 4 is 33.0 Å². The number of halogens is 1. The predicted molar refractivity (Wildman–Crippen MR) is 109 cm³/mol. The number of nitrogens with one attached hydrogen (secondary N) is 1. The second-order valence-electron chi connectivity index (χ2n) is 6.66. The Morgan fingerprint density at radius 3 is 2.32 bits per heavy atom. The van der Waals surface area contributed by atoms with Crippen LogP contribution < -0.4 is 5.32 Å². The monoisotopic (exact) mass is 422 g/mol. The summed E-state index contributed by atoms with van der Waals surface area (Å²) in [6.45, 7) is 4.19. The molecule has 1 aliphatic rings. The maximum absolute atomic E-state index is 12.3. The zero-order chi connectivity index (χ0) is 20.0. The van der Waals surface area contributed by atoms with Gasteiger partial charge in [0.05, 0.1) is 23.9 Å². The van der Waals surface area contributed by atoms with Crippen molar-refractivity contribution in [3.05, 3.63) is 59.1 Å². The van der Waals surface area contributed by atoms with Crippen LogP contribution in [-0.2, 0) is 25.9 Å². The molecule has 0 aliphatic carbocycles. The number of benzene rings is 2. The van der Waals surface area contributed by atoms with Crippen molar-refractivity contribution in [3.8, 4) is 0 Å². The normalized spacial score (nSPS) is 15.3. The van der Waals surface area contributed by atoms with E-state index in [1.165, 1.54) is 24.3 Å². The van der Waals surface area contributed by atoms with Crippen LogP contribution >= 0.6 is 11.6 Å². The number of amides is 1. The molecule has 1 N–H and O–H groups in total. The molecule has 0 unspecified atom stereocenters. The molecule has 0 aromatic heterocycles. The Hall–Kier alpha value is -1.93. The topological polar surface area (TPSA) is 75.7 Å². The van der Waals surface area contributed by atoms with Crippen LogP contribution in [0.25, 0.3) is 0 Å². The third-order valence-corrected chi connectivity index (χ3v) is 6.50. The highest BCUT2D eigenvalue weighted by atomic mass is 35.5. The van der Waals surface area contributed by atoms with E-state index in [0.717, 1.165) is 38.4 Å². The minimum absolute atomic E-state index is 0.111. The van der Waals surface area contributed by atoms with Gasteiger partial charge in [0.2, 0.25) is 5.91 Å². The summed E-state index contributed by atoms with van der Waals surface area (Å²) < 4.78 is 29.9. The molecule has 0 atom stereocenters. The van der Waals surface area contributed by atoms with Crippen molar-refractivity contribution in [2.75, 3.05) is 37.4 Å². The van der Waals surface area contributed by atoms with Crippen molar-refractivity contribution < 1.29 is 17.9 Å². The number of hydrogen-bond donors (Lipinski definition) is 1. The van der Waals surface area contributed by atoms with Gasteiger partial charge in [-0.25, -0.2) is 8.42 Å².